The van der Waals surface area contributed by atoms with E-state index in [2.05, 4.69) is 30.7 Å². The van der Waals surface area contributed by atoms with Crippen LogP contribution in [-0.4, -0.2) is 62.3 Å². The lowest BCUT2D eigenvalue weighted by molar-refractivity contribution is 0.0540. The third-order valence-corrected chi connectivity index (χ3v) is 3.99. The molecule has 19 heavy (non-hydrogen) atoms. The molecule has 1 saturated heterocycles. The van der Waals surface area contributed by atoms with E-state index in [4.69, 9.17) is 4.74 Å². The standard InChI is InChI=1S/C16H34N2O/c1-4-9-16(2)19-15-8-11-17(3)10-7-14-18-12-5-6-13-18/h16H,4-15H2,1-3H3. The van der Waals surface area contributed by atoms with Crippen molar-refractivity contribution in [3.8, 4) is 0 Å². The van der Waals surface area contributed by atoms with Gasteiger partial charge in [0.25, 0.3) is 0 Å². The van der Waals surface area contributed by atoms with Crippen LogP contribution in [0.1, 0.15) is 52.4 Å². The van der Waals surface area contributed by atoms with Crippen LogP contribution in [0.15, 0.2) is 0 Å². The SMILES string of the molecule is CCCC(C)OCCCN(C)CCCN1CCCC1. The third-order valence-electron chi connectivity index (χ3n) is 3.99. The molecule has 1 heterocycles. The molecule has 0 radical (unpaired) electrons. The van der Waals surface area contributed by atoms with Gasteiger partial charge in [0.15, 0.2) is 0 Å². The van der Waals surface area contributed by atoms with Gasteiger partial charge in [-0.25, -0.2) is 0 Å². The van der Waals surface area contributed by atoms with Gasteiger partial charge in [0.2, 0.25) is 0 Å². The van der Waals surface area contributed by atoms with Crippen molar-refractivity contribution in [2.75, 3.05) is 46.4 Å². The Morgan fingerprint density at radius 3 is 2.53 bits per heavy atom. The van der Waals surface area contributed by atoms with Gasteiger partial charge in [-0.1, -0.05) is 13.3 Å². The van der Waals surface area contributed by atoms with Crippen LogP contribution in [0.5, 0.6) is 0 Å². The molecule has 0 N–H and O–H groups in total. The molecule has 0 spiro atoms. The van der Waals surface area contributed by atoms with E-state index in [-0.39, 0.29) is 0 Å². The topological polar surface area (TPSA) is 15.7 Å². The Kier molecular flexibility index (Phi) is 9.48. The smallest absolute Gasteiger partial charge is 0.0546 e. The predicted molar refractivity (Wildman–Crippen MR) is 82.7 cm³/mol. The van der Waals surface area contributed by atoms with E-state index in [0.29, 0.717) is 6.10 Å². The molecule has 0 aliphatic carbocycles. The molecule has 0 aromatic heterocycles. The molecule has 1 rings (SSSR count). The Morgan fingerprint density at radius 1 is 1.16 bits per heavy atom. The lowest BCUT2D eigenvalue weighted by Crippen LogP contribution is -2.27. The van der Waals surface area contributed by atoms with Gasteiger partial charge < -0.3 is 14.5 Å². The molecule has 1 fully saturated rings. The van der Waals surface area contributed by atoms with Crippen molar-refractivity contribution in [1.82, 2.24) is 9.80 Å². The first-order valence-electron chi connectivity index (χ1n) is 8.25. The second-order valence-electron chi connectivity index (χ2n) is 6.03. The molecule has 0 aromatic rings. The molecule has 3 nitrogen and oxygen atoms in total. The average Bonchev–Trinajstić information content (AvgIpc) is 2.88. The summed E-state index contributed by atoms with van der Waals surface area (Å²) in [6, 6.07) is 0. The molecule has 1 aliphatic heterocycles. The Labute approximate surface area is 120 Å². The third kappa shape index (κ3) is 8.61. The number of nitrogens with zero attached hydrogens (tertiary/aromatic N) is 2. The summed E-state index contributed by atoms with van der Waals surface area (Å²) in [6.45, 7) is 11.6. The fourth-order valence-corrected chi connectivity index (χ4v) is 2.79. The highest BCUT2D eigenvalue weighted by Gasteiger charge is 2.10. The van der Waals surface area contributed by atoms with Gasteiger partial charge >= 0.3 is 0 Å². The van der Waals surface area contributed by atoms with Gasteiger partial charge in [-0.2, -0.15) is 0 Å². The van der Waals surface area contributed by atoms with Crippen molar-refractivity contribution >= 4 is 0 Å². The Hall–Kier alpha value is -0.120. The summed E-state index contributed by atoms with van der Waals surface area (Å²) in [6.07, 6.45) is 8.12. The monoisotopic (exact) mass is 270 g/mol. The van der Waals surface area contributed by atoms with E-state index in [0.717, 1.165) is 13.0 Å². The molecule has 114 valence electrons. The van der Waals surface area contributed by atoms with Crippen LogP contribution < -0.4 is 0 Å². The highest BCUT2D eigenvalue weighted by atomic mass is 16.5. The molecule has 1 unspecified atom stereocenters. The van der Waals surface area contributed by atoms with Crippen LogP contribution in [0.3, 0.4) is 0 Å². The van der Waals surface area contributed by atoms with E-state index in [1.165, 1.54) is 64.8 Å². The quantitative estimate of drug-likeness (QED) is 0.537. The molecule has 0 amide bonds. The van der Waals surface area contributed by atoms with Crippen LogP contribution in [0.25, 0.3) is 0 Å². The van der Waals surface area contributed by atoms with Gasteiger partial charge in [0.05, 0.1) is 6.10 Å². The molecule has 3 heteroatoms. The summed E-state index contributed by atoms with van der Waals surface area (Å²) >= 11 is 0. The Balaban J connectivity index is 1.88. The maximum Gasteiger partial charge on any atom is 0.0546 e. The molecular weight excluding hydrogens is 236 g/mol. The van der Waals surface area contributed by atoms with Crippen LogP contribution in [0.4, 0.5) is 0 Å². The van der Waals surface area contributed by atoms with Crippen LogP contribution >= 0.6 is 0 Å². The lowest BCUT2D eigenvalue weighted by atomic mass is 10.2. The molecule has 1 aliphatic rings. The lowest BCUT2D eigenvalue weighted by Gasteiger charge is -2.20. The Morgan fingerprint density at radius 2 is 1.84 bits per heavy atom. The van der Waals surface area contributed by atoms with Gasteiger partial charge in [0.1, 0.15) is 0 Å². The number of hydrogen-bond acceptors (Lipinski definition) is 3. The van der Waals surface area contributed by atoms with Crippen molar-refractivity contribution in [3.05, 3.63) is 0 Å². The maximum absolute atomic E-state index is 5.78. The minimum atomic E-state index is 0.436. The van der Waals surface area contributed by atoms with Gasteiger partial charge in [-0.3, -0.25) is 0 Å². The van der Waals surface area contributed by atoms with Crippen LogP contribution in [-0.2, 0) is 4.74 Å². The van der Waals surface area contributed by atoms with Crippen molar-refractivity contribution < 1.29 is 4.74 Å². The zero-order valence-corrected chi connectivity index (χ0v) is 13.4. The predicted octanol–water partition coefficient (Wildman–Crippen LogP) is 3.00. The maximum atomic E-state index is 5.78. The molecular formula is C16H34N2O. The first-order valence-corrected chi connectivity index (χ1v) is 8.25. The summed E-state index contributed by atoms with van der Waals surface area (Å²) in [7, 11) is 2.24. The van der Waals surface area contributed by atoms with Crippen molar-refractivity contribution in [1.29, 1.82) is 0 Å². The van der Waals surface area contributed by atoms with Crippen molar-refractivity contribution in [2.24, 2.45) is 0 Å². The second kappa shape index (κ2) is 10.6. The first-order chi connectivity index (χ1) is 9.22. The summed E-state index contributed by atoms with van der Waals surface area (Å²) < 4.78 is 5.78. The van der Waals surface area contributed by atoms with E-state index in [1.54, 1.807) is 0 Å². The minimum Gasteiger partial charge on any atom is -0.378 e. The van der Waals surface area contributed by atoms with Gasteiger partial charge in [-0.15, -0.1) is 0 Å². The highest BCUT2D eigenvalue weighted by molar-refractivity contribution is 4.66. The summed E-state index contributed by atoms with van der Waals surface area (Å²) in [5.41, 5.74) is 0. The molecule has 0 bridgehead atoms. The fraction of sp³-hybridized carbons (Fsp3) is 1.00. The summed E-state index contributed by atoms with van der Waals surface area (Å²) in [5.74, 6) is 0. The van der Waals surface area contributed by atoms with Crippen molar-refractivity contribution in [2.45, 2.75) is 58.5 Å². The van der Waals surface area contributed by atoms with Crippen LogP contribution in [0, 0.1) is 0 Å². The second-order valence-corrected chi connectivity index (χ2v) is 6.03. The van der Waals surface area contributed by atoms with E-state index in [9.17, 15) is 0 Å². The minimum absolute atomic E-state index is 0.436. The van der Waals surface area contributed by atoms with E-state index < -0.39 is 0 Å². The number of rotatable bonds is 11. The largest absolute Gasteiger partial charge is 0.378 e. The number of likely N-dealkylation sites (tertiary alicyclic amines) is 1. The van der Waals surface area contributed by atoms with Gasteiger partial charge in [-0.05, 0) is 72.3 Å². The fourth-order valence-electron chi connectivity index (χ4n) is 2.79. The molecule has 0 aromatic carbocycles. The zero-order chi connectivity index (χ0) is 13.9. The van der Waals surface area contributed by atoms with E-state index >= 15 is 0 Å². The van der Waals surface area contributed by atoms with Gasteiger partial charge in [0, 0.05) is 13.2 Å². The first kappa shape index (κ1) is 16.9. The molecule has 1 atom stereocenters. The van der Waals surface area contributed by atoms with Crippen LogP contribution in [0.2, 0.25) is 0 Å². The number of ether oxygens (including phenoxy) is 1. The normalized spacial score (nSPS) is 18.3. The summed E-state index contributed by atoms with van der Waals surface area (Å²) in [5, 5.41) is 0. The number of hydrogen-bond donors (Lipinski definition) is 0. The average molecular weight is 270 g/mol. The van der Waals surface area contributed by atoms with Crippen molar-refractivity contribution in [3.63, 3.8) is 0 Å². The van der Waals surface area contributed by atoms with E-state index in [1.807, 2.05) is 0 Å². The highest BCUT2D eigenvalue weighted by Crippen LogP contribution is 2.07. The summed E-state index contributed by atoms with van der Waals surface area (Å²) in [4.78, 5) is 5.05. The molecule has 0 saturated carbocycles. The Bertz CT molecular complexity index is 205. The zero-order valence-electron chi connectivity index (χ0n) is 13.4.